The average Bonchev–Trinajstić information content (AvgIpc) is 2.17. The standard InChI is InChI=1S/C11H18O2Si/c1-4-12-11-7-5-10(6-8-11)9-13-14(2)3/h5-8,14H,4,9H2,1-3H3. The highest BCUT2D eigenvalue weighted by Crippen LogP contribution is 2.12. The van der Waals surface area contributed by atoms with Gasteiger partial charge in [0.05, 0.1) is 13.2 Å². The van der Waals surface area contributed by atoms with Crippen LogP contribution in [0.5, 0.6) is 5.75 Å². The van der Waals surface area contributed by atoms with Crippen molar-refractivity contribution in [3.63, 3.8) is 0 Å². The summed E-state index contributed by atoms with van der Waals surface area (Å²) in [6, 6.07) is 8.09. The molecule has 1 aromatic carbocycles. The summed E-state index contributed by atoms with van der Waals surface area (Å²) in [7, 11) is -0.897. The highest BCUT2D eigenvalue weighted by molar-refractivity contribution is 6.48. The monoisotopic (exact) mass is 210 g/mol. The van der Waals surface area contributed by atoms with Crippen LogP contribution in [0.25, 0.3) is 0 Å². The Morgan fingerprint density at radius 1 is 1.14 bits per heavy atom. The van der Waals surface area contributed by atoms with Gasteiger partial charge in [0.15, 0.2) is 9.04 Å². The molecule has 1 aromatic rings. The molecular weight excluding hydrogens is 192 g/mol. The molecule has 0 radical (unpaired) electrons. The smallest absolute Gasteiger partial charge is 0.171 e. The number of benzene rings is 1. The summed E-state index contributed by atoms with van der Waals surface area (Å²) in [5.41, 5.74) is 1.22. The van der Waals surface area contributed by atoms with Crippen molar-refractivity contribution >= 4 is 9.04 Å². The van der Waals surface area contributed by atoms with Crippen molar-refractivity contribution in [2.75, 3.05) is 6.61 Å². The summed E-state index contributed by atoms with van der Waals surface area (Å²) >= 11 is 0. The Bertz CT molecular complexity index is 256. The van der Waals surface area contributed by atoms with Gasteiger partial charge in [-0.05, 0) is 37.7 Å². The fourth-order valence-electron chi connectivity index (χ4n) is 1.11. The molecule has 14 heavy (non-hydrogen) atoms. The molecule has 0 atom stereocenters. The summed E-state index contributed by atoms with van der Waals surface area (Å²) in [6.07, 6.45) is 0. The van der Waals surface area contributed by atoms with E-state index in [2.05, 4.69) is 25.2 Å². The summed E-state index contributed by atoms with van der Waals surface area (Å²) in [5, 5.41) is 0. The van der Waals surface area contributed by atoms with Crippen molar-refractivity contribution in [1.29, 1.82) is 0 Å². The predicted octanol–water partition coefficient (Wildman–Crippen LogP) is 2.59. The maximum Gasteiger partial charge on any atom is 0.171 e. The van der Waals surface area contributed by atoms with Crippen LogP contribution in [0, 0.1) is 0 Å². The molecule has 2 nitrogen and oxygen atoms in total. The summed E-state index contributed by atoms with van der Waals surface area (Å²) in [4.78, 5) is 0. The first-order valence-corrected chi connectivity index (χ1v) is 7.83. The van der Waals surface area contributed by atoms with Gasteiger partial charge in [0.1, 0.15) is 5.75 Å². The van der Waals surface area contributed by atoms with Crippen LogP contribution in [0.1, 0.15) is 12.5 Å². The Labute approximate surface area is 87.6 Å². The topological polar surface area (TPSA) is 18.5 Å². The molecule has 78 valence electrons. The molecule has 0 aromatic heterocycles. The zero-order valence-corrected chi connectivity index (χ0v) is 10.3. The fourth-order valence-corrected chi connectivity index (χ4v) is 1.64. The van der Waals surface area contributed by atoms with Crippen LogP contribution in [0.3, 0.4) is 0 Å². The first kappa shape index (κ1) is 11.3. The zero-order valence-electron chi connectivity index (χ0n) is 9.12. The lowest BCUT2D eigenvalue weighted by Crippen LogP contribution is -2.06. The molecule has 3 heteroatoms. The highest BCUT2D eigenvalue weighted by atomic mass is 28.3. The van der Waals surface area contributed by atoms with Gasteiger partial charge in [-0.1, -0.05) is 12.1 Å². The molecule has 0 saturated heterocycles. The van der Waals surface area contributed by atoms with E-state index in [9.17, 15) is 0 Å². The lowest BCUT2D eigenvalue weighted by Gasteiger charge is -2.07. The first-order chi connectivity index (χ1) is 6.72. The largest absolute Gasteiger partial charge is 0.494 e. The van der Waals surface area contributed by atoms with Gasteiger partial charge in [-0.25, -0.2) is 0 Å². The molecule has 1 rings (SSSR count). The second-order valence-corrected chi connectivity index (χ2v) is 5.87. The van der Waals surface area contributed by atoms with Crippen molar-refractivity contribution < 1.29 is 9.16 Å². The minimum absolute atomic E-state index is 0.717. The number of hydrogen-bond acceptors (Lipinski definition) is 2. The van der Waals surface area contributed by atoms with Gasteiger partial charge in [-0.3, -0.25) is 0 Å². The van der Waals surface area contributed by atoms with Crippen LogP contribution in [0.4, 0.5) is 0 Å². The Morgan fingerprint density at radius 3 is 2.29 bits per heavy atom. The molecule has 0 heterocycles. The van der Waals surface area contributed by atoms with E-state index in [0.29, 0.717) is 0 Å². The van der Waals surface area contributed by atoms with Crippen LogP contribution in [0.15, 0.2) is 24.3 Å². The Hall–Kier alpha value is -0.803. The quantitative estimate of drug-likeness (QED) is 0.695. The van der Waals surface area contributed by atoms with E-state index in [1.807, 2.05) is 19.1 Å². The second-order valence-electron chi connectivity index (χ2n) is 3.44. The molecule has 0 saturated carbocycles. The highest BCUT2D eigenvalue weighted by Gasteiger charge is 1.98. The van der Waals surface area contributed by atoms with Crippen molar-refractivity contribution in [1.82, 2.24) is 0 Å². The van der Waals surface area contributed by atoms with Gasteiger partial charge in [-0.15, -0.1) is 0 Å². The number of rotatable bonds is 5. The Kier molecular flexibility index (Phi) is 4.69. The van der Waals surface area contributed by atoms with Crippen molar-refractivity contribution in [3.8, 4) is 5.75 Å². The summed E-state index contributed by atoms with van der Waals surface area (Å²) < 4.78 is 11.0. The number of hydrogen-bond donors (Lipinski definition) is 0. The summed E-state index contributed by atoms with van der Waals surface area (Å²) in [6.45, 7) is 7.79. The van der Waals surface area contributed by atoms with E-state index in [4.69, 9.17) is 9.16 Å². The van der Waals surface area contributed by atoms with Crippen molar-refractivity contribution in [3.05, 3.63) is 29.8 Å². The van der Waals surface area contributed by atoms with Crippen molar-refractivity contribution in [2.24, 2.45) is 0 Å². The molecule has 0 amide bonds. The van der Waals surface area contributed by atoms with Crippen LogP contribution in [-0.2, 0) is 11.0 Å². The number of ether oxygens (including phenoxy) is 1. The van der Waals surface area contributed by atoms with E-state index in [-0.39, 0.29) is 0 Å². The third kappa shape index (κ3) is 3.94. The van der Waals surface area contributed by atoms with E-state index in [1.54, 1.807) is 0 Å². The minimum atomic E-state index is -0.897. The van der Waals surface area contributed by atoms with E-state index in [0.717, 1.165) is 19.0 Å². The Morgan fingerprint density at radius 2 is 1.79 bits per heavy atom. The van der Waals surface area contributed by atoms with Crippen LogP contribution in [0.2, 0.25) is 13.1 Å². The maximum atomic E-state index is 5.63. The van der Waals surface area contributed by atoms with E-state index < -0.39 is 9.04 Å². The van der Waals surface area contributed by atoms with Gasteiger partial charge >= 0.3 is 0 Å². The molecule has 0 N–H and O–H groups in total. The third-order valence-electron chi connectivity index (χ3n) is 1.82. The molecule has 0 fully saturated rings. The molecule has 0 aliphatic carbocycles. The molecule has 0 spiro atoms. The first-order valence-electron chi connectivity index (χ1n) is 5.05. The SMILES string of the molecule is CCOc1ccc(CO[SiH](C)C)cc1. The van der Waals surface area contributed by atoms with Gasteiger partial charge in [0, 0.05) is 0 Å². The zero-order chi connectivity index (χ0) is 10.4. The molecule has 0 aliphatic heterocycles. The molecule has 0 bridgehead atoms. The predicted molar refractivity (Wildman–Crippen MR) is 61.3 cm³/mol. The van der Waals surface area contributed by atoms with Crippen LogP contribution >= 0.6 is 0 Å². The van der Waals surface area contributed by atoms with Crippen LogP contribution in [-0.4, -0.2) is 15.6 Å². The van der Waals surface area contributed by atoms with E-state index >= 15 is 0 Å². The van der Waals surface area contributed by atoms with Gasteiger partial charge < -0.3 is 9.16 Å². The fraction of sp³-hybridized carbons (Fsp3) is 0.455. The van der Waals surface area contributed by atoms with Crippen molar-refractivity contribution in [2.45, 2.75) is 26.6 Å². The van der Waals surface area contributed by atoms with E-state index in [1.165, 1.54) is 5.56 Å². The lowest BCUT2D eigenvalue weighted by molar-refractivity contribution is 0.313. The molecular formula is C11H18O2Si. The molecule has 0 unspecified atom stereocenters. The lowest BCUT2D eigenvalue weighted by atomic mass is 10.2. The van der Waals surface area contributed by atoms with Gasteiger partial charge in [-0.2, -0.15) is 0 Å². The third-order valence-corrected chi connectivity index (χ3v) is 2.65. The second kappa shape index (κ2) is 5.83. The van der Waals surface area contributed by atoms with Gasteiger partial charge in [0.2, 0.25) is 0 Å². The van der Waals surface area contributed by atoms with Gasteiger partial charge in [0.25, 0.3) is 0 Å². The normalized spacial score (nSPS) is 10.6. The maximum absolute atomic E-state index is 5.63. The average molecular weight is 210 g/mol. The Balaban J connectivity index is 2.46. The van der Waals surface area contributed by atoms with Crippen LogP contribution < -0.4 is 4.74 Å². The molecule has 0 aliphatic rings. The minimum Gasteiger partial charge on any atom is -0.494 e. The summed E-state index contributed by atoms with van der Waals surface area (Å²) in [5.74, 6) is 0.929.